The zero-order valence-corrected chi connectivity index (χ0v) is 10.6. The summed E-state index contributed by atoms with van der Waals surface area (Å²) >= 11 is 0. The first kappa shape index (κ1) is 12.6. The quantitative estimate of drug-likeness (QED) is 0.847. The fraction of sp³-hybridized carbons (Fsp3) is 0.583. The first-order chi connectivity index (χ1) is 8.56. The monoisotopic (exact) mass is 251 g/mol. The molecule has 6 heteroatoms. The number of aryl methyl sites for hydroxylation is 1. The predicted octanol–water partition coefficient (Wildman–Crippen LogP) is 1.00. The summed E-state index contributed by atoms with van der Waals surface area (Å²) in [6.45, 7) is 3.53. The molecule has 0 bridgehead atoms. The number of nitrogens with zero attached hydrogens (tertiary/aromatic N) is 2. The second kappa shape index (κ2) is 5.20. The molecule has 0 radical (unpaired) electrons. The van der Waals surface area contributed by atoms with E-state index in [0.717, 1.165) is 12.8 Å². The third kappa shape index (κ3) is 3.32. The molecule has 1 aliphatic carbocycles. The van der Waals surface area contributed by atoms with Crippen molar-refractivity contribution in [1.29, 1.82) is 0 Å². The van der Waals surface area contributed by atoms with Gasteiger partial charge in [0, 0.05) is 32.0 Å². The van der Waals surface area contributed by atoms with Crippen LogP contribution in [0.3, 0.4) is 0 Å². The lowest BCUT2D eigenvalue weighted by molar-refractivity contribution is -0.121. The van der Waals surface area contributed by atoms with Crippen LogP contribution >= 0.6 is 0 Å². The summed E-state index contributed by atoms with van der Waals surface area (Å²) in [7, 11) is 0. The molecule has 1 aromatic rings. The van der Waals surface area contributed by atoms with Crippen molar-refractivity contribution in [1.82, 2.24) is 10.5 Å². The van der Waals surface area contributed by atoms with Gasteiger partial charge in [-0.2, -0.15) is 0 Å². The Kier molecular flexibility index (Phi) is 3.64. The number of rotatable bonds is 5. The molecule has 0 aliphatic heterocycles. The highest BCUT2D eigenvalue weighted by atomic mass is 16.5. The van der Waals surface area contributed by atoms with E-state index in [1.807, 2.05) is 0 Å². The van der Waals surface area contributed by atoms with Gasteiger partial charge < -0.3 is 9.84 Å². The summed E-state index contributed by atoms with van der Waals surface area (Å²) in [6, 6.07) is 2.03. The predicted molar refractivity (Wildman–Crippen MR) is 65.0 cm³/mol. The summed E-state index contributed by atoms with van der Waals surface area (Å²) in [5.41, 5.74) is 0. The molecule has 98 valence electrons. The molecule has 0 spiro atoms. The van der Waals surface area contributed by atoms with Gasteiger partial charge in [-0.15, -0.1) is 0 Å². The number of carbonyl (C=O) groups excluding carboxylic acids is 2. The normalized spacial score (nSPS) is 14.3. The smallest absolute Gasteiger partial charge is 0.225 e. The van der Waals surface area contributed by atoms with Crippen molar-refractivity contribution in [3.05, 3.63) is 11.8 Å². The third-order valence-electron chi connectivity index (χ3n) is 2.78. The van der Waals surface area contributed by atoms with Crippen molar-refractivity contribution in [2.24, 2.45) is 0 Å². The minimum absolute atomic E-state index is 0.0241. The molecule has 1 saturated carbocycles. The highest BCUT2D eigenvalue weighted by Gasteiger charge is 2.24. The SMILES string of the molecule is CC(=O)N(CCC(=O)NC1CC1)c1cc(C)on1. The van der Waals surface area contributed by atoms with Crippen molar-refractivity contribution in [2.75, 3.05) is 11.4 Å². The topological polar surface area (TPSA) is 75.4 Å². The first-order valence-electron chi connectivity index (χ1n) is 6.07. The van der Waals surface area contributed by atoms with E-state index in [2.05, 4.69) is 10.5 Å². The van der Waals surface area contributed by atoms with Gasteiger partial charge in [0.25, 0.3) is 0 Å². The maximum atomic E-state index is 11.6. The number of aromatic nitrogens is 1. The molecule has 0 atom stereocenters. The standard InChI is InChI=1S/C12H17N3O3/c1-8-7-11(14-18-8)15(9(2)16)6-5-12(17)13-10-3-4-10/h7,10H,3-6H2,1-2H3,(H,13,17). The zero-order valence-electron chi connectivity index (χ0n) is 10.6. The molecule has 2 amide bonds. The van der Waals surface area contributed by atoms with Gasteiger partial charge in [-0.3, -0.25) is 14.5 Å². The maximum absolute atomic E-state index is 11.6. The first-order valence-corrected chi connectivity index (χ1v) is 6.07. The summed E-state index contributed by atoms with van der Waals surface area (Å²) in [4.78, 5) is 24.5. The van der Waals surface area contributed by atoms with Gasteiger partial charge >= 0.3 is 0 Å². The Labute approximate surface area is 105 Å². The highest BCUT2D eigenvalue weighted by Crippen LogP contribution is 2.19. The van der Waals surface area contributed by atoms with Crippen molar-refractivity contribution < 1.29 is 14.1 Å². The number of hydrogen-bond donors (Lipinski definition) is 1. The van der Waals surface area contributed by atoms with E-state index < -0.39 is 0 Å². The van der Waals surface area contributed by atoms with Crippen molar-refractivity contribution in [3.8, 4) is 0 Å². The van der Waals surface area contributed by atoms with Gasteiger partial charge in [-0.1, -0.05) is 5.16 Å². The summed E-state index contributed by atoms with van der Waals surface area (Å²) < 4.78 is 4.93. The molecule has 1 fully saturated rings. The van der Waals surface area contributed by atoms with Gasteiger partial charge in [-0.25, -0.2) is 0 Å². The Morgan fingerprint density at radius 1 is 1.56 bits per heavy atom. The van der Waals surface area contributed by atoms with E-state index in [4.69, 9.17) is 4.52 Å². The van der Waals surface area contributed by atoms with Gasteiger partial charge in [-0.05, 0) is 19.8 Å². The van der Waals surface area contributed by atoms with E-state index in [9.17, 15) is 9.59 Å². The second-order valence-electron chi connectivity index (χ2n) is 4.56. The fourth-order valence-electron chi connectivity index (χ4n) is 1.65. The van der Waals surface area contributed by atoms with Gasteiger partial charge in [0.15, 0.2) is 5.82 Å². The Morgan fingerprint density at radius 2 is 2.28 bits per heavy atom. The summed E-state index contributed by atoms with van der Waals surface area (Å²) in [5.74, 6) is 0.921. The molecule has 0 saturated heterocycles. The van der Waals surface area contributed by atoms with Crippen LogP contribution in [0.15, 0.2) is 10.6 Å². The van der Waals surface area contributed by atoms with Gasteiger partial charge in [0.2, 0.25) is 11.8 Å². The Balaban J connectivity index is 1.89. The van der Waals surface area contributed by atoms with Crippen LogP contribution in [0.1, 0.15) is 31.9 Å². The van der Waals surface area contributed by atoms with E-state index in [0.29, 0.717) is 24.2 Å². The molecule has 2 rings (SSSR count). The Bertz CT molecular complexity index is 451. The second-order valence-corrected chi connectivity index (χ2v) is 4.56. The molecule has 6 nitrogen and oxygen atoms in total. The lowest BCUT2D eigenvalue weighted by atomic mass is 10.3. The van der Waals surface area contributed by atoms with Crippen LogP contribution in [-0.2, 0) is 9.59 Å². The van der Waals surface area contributed by atoms with E-state index in [1.54, 1.807) is 13.0 Å². The molecular formula is C12H17N3O3. The number of carbonyl (C=O) groups is 2. The molecule has 1 N–H and O–H groups in total. The number of hydrogen-bond acceptors (Lipinski definition) is 4. The number of amides is 2. The Hall–Kier alpha value is -1.85. The fourth-order valence-corrected chi connectivity index (χ4v) is 1.65. The van der Waals surface area contributed by atoms with Crippen LogP contribution in [-0.4, -0.2) is 29.6 Å². The molecule has 18 heavy (non-hydrogen) atoms. The summed E-state index contributed by atoms with van der Waals surface area (Å²) in [5, 5.41) is 6.67. The molecule has 1 aromatic heterocycles. The molecule has 0 unspecified atom stereocenters. The van der Waals surface area contributed by atoms with E-state index in [-0.39, 0.29) is 18.2 Å². The number of anilines is 1. The molecule has 1 heterocycles. The van der Waals surface area contributed by atoms with Crippen LogP contribution in [0.4, 0.5) is 5.82 Å². The average molecular weight is 251 g/mol. The maximum Gasteiger partial charge on any atom is 0.225 e. The van der Waals surface area contributed by atoms with Crippen LogP contribution in [0.5, 0.6) is 0 Å². The summed E-state index contributed by atoms with van der Waals surface area (Å²) in [6.07, 6.45) is 2.40. The van der Waals surface area contributed by atoms with Gasteiger partial charge in [0.05, 0.1) is 0 Å². The Morgan fingerprint density at radius 3 is 2.78 bits per heavy atom. The molecule has 1 aliphatic rings. The minimum Gasteiger partial charge on any atom is -0.360 e. The van der Waals surface area contributed by atoms with Gasteiger partial charge in [0.1, 0.15) is 5.76 Å². The van der Waals surface area contributed by atoms with Crippen LogP contribution in [0, 0.1) is 6.92 Å². The largest absolute Gasteiger partial charge is 0.360 e. The lowest BCUT2D eigenvalue weighted by Gasteiger charge is -2.17. The van der Waals surface area contributed by atoms with Crippen molar-refractivity contribution in [2.45, 2.75) is 39.2 Å². The highest BCUT2D eigenvalue weighted by molar-refractivity contribution is 5.91. The minimum atomic E-state index is -0.150. The molecular weight excluding hydrogens is 234 g/mol. The van der Waals surface area contributed by atoms with E-state index in [1.165, 1.54) is 11.8 Å². The van der Waals surface area contributed by atoms with Crippen LogP contribution in [0.2, 0.25) is 0 Å². The number of nitrogens with one attached hydrogen (secondary N) is 1. The van der Waals surface area contributed by atoms with Crippen LogP contribution < -0.4 is 10.2 Å². The van der Waals surface area contributed by atoms with Crippen molar-refractivity contribution >= 4 is 17.6 Å². The third-order valence-corrected chi connectivity index (χ3v) is 2.78. The van der Waals surface area contributed by atoms with E-state index >= 15 is 0 Å². The van der Waals surface area contributed by atoms with Crippen molar-refractivity contribution in [3.63, 3.8) is 0 Å². The zero-order chi connectivity index (χ0) is 13.1. The lowest BCUT2D eigenvalue weighted by Crippen LogP contribution is -2.34. The average Bonchev–Trinajstić information content (AvgIpc) is 3.00. The van der Waals surface area contributed by atoms with Crippen LogP contribution in [0.25, 0.3) is 0 Å². The molecule has 0 aromatic carbocycles.